The Labute approximate surface area is 136 Å². The second-order valence-electron chi connectivity index (χ2n) is 4.50. The lowest BCUT2D eigenvalue weighted by Crippen LogP contribution is -2.42. The number of ether oxygens (including phenoxy) is 3. The molecule has 1 aromatic rings. The van der Waals surface area contributed by atoms with E-state index in [4.69, 9.17) is 19.2 Å². The maximum atomic E-state index is 12.3. The number of carboxylic acid groups (broad SMARTS) is 1. The number of esters is 1. The lowest BCUT2D eigenvalue weighted by molar-refractivity contribution is -0.158. The van der Waals surface area contributed by atoms with E-state index in [1.54, 1.807) is 6.07 Å². The first-order valence-corrected chi connectivity index (χ1v) is 6.57. The van der Waals surface area contributed by atoms with E-state index in [1.165, 1.54) is 26.4 Å². The Bertz CT molecular complexity index is 638. The normalized spacial score (nSPS) is 17.9. The average Bonchev–Trinajstić information content (AvgIpc) is 2.89. The monoisotopic (exact) mass is 340 g/mol. The van der Waals surface area contributed by atoms with Crippen LogP contribution >= 0.6 is 0 Å². The molecule has 11 heteroatoms. The zero-order valence-electron chi connectivity index (χ0n) is 12.6. The molecule has 128 valence electrons. The van der Waals surface area contributed by atoms with Crippen LogP contribution in [0.15, 0.2) is 18.2 Å². The molecular weight excluding hydrogens is 327 g/mol. The van der Waals surface area contributed by atoms with Crippen molar-refractivity contribution in [1.82, 2.24) is 0 Å². The number of aliphatic carboxylic acids is 1. The Balaban J connectivity index is 2.29. The molecule has 2 atom stereocenters. The third-order valence-electron chi connectivity index (χ3n) is 3.10. The summed E-state index contributed by atoms with van der Waals surface area (Å²) in [7, 11) is 0.672. The highest BCUT2D eigenvalue weighted by atomic mass is 16.8. The lowest BCUT2D eigenvalue weighted by atomic mass is 10.1. The Kier molecular flexibility index (Phi) is 5.26. The molecule has 2 N–H and O–H groups in total. The van der Waals surface area contributed by atoms with Gasteiger partial charge in [-0.2, -0.15) is 0 Å². The van der Waals surface area contributed by atoms with Crippen molar-refractivity contribution >= 4 is 25.2 Å². The van der Waals surface area contributed by atoms with Gasteiger partial charge in [0.2, 0.25) is 6.10 Å². The van der Waals surface area contributed by atoms with Crippen molar-refractivity contribution < 1.29 is 48.0 Å². The minimum absolute atomic E-state index is 0.0819. The number of carbonyl (C=O) groups is 3. The van der Waals surface area contributed by atoms with Gasteiger partial charge in [0.25, 0.3) is 0 Å². The molecule has 1 aliphatic rings. The molecule has 2 rings (SSSR count). The minimum Gasteiger partial charge on any atom is -0.496 e. The van der Waals surface area contributed by atoms with Crippen LogP contribution in [0, 0.1) is 0 Å². The summed E-state index contributed by atoms with van der Waals surface area (Å²) in [5, 5.41) is 18.3. The van der Waals surface area contributed by atoms with Crippen molar-refractivity contribution in [2.75, 3.05) is 14.2 Å². The first-order valence-electron chi connectivity index (χ1n) is 6.57. The Morgan fingerprint density at radius 3 is 2.25 bits per heavy atom. The highest BCUT2D eigenvalue weighted by Crippen LogP contribution is 2.30. The standard InChI is InChI=1S/C13H13BO10/c1-20-6-4-3-5-7(21-2)8(6)12(17)22-9(11(15)16)10-13(18)24-14(19)23-10/h3-5,9-10,19H,1-2H3,(H,15,16)/t9-,10-/m1/s1. The van der Waals surface area contributed by atoms with Crippen LogP contribution in [-0.2, 0) is 23.6 Å². The predicted octanol–water partition coefficient (Wildman–Crippen LogP) is -0.767. The summed E-state index contributed by atoms with van der Waals surface area (Å²) in [6.07, 6.45) is -3.83. The fourth-order valence-corrected chi connectivity index (χ4v) is 2.04. The van der Waals surface area contributed by atoms with E-state index in [2.05, 4.69) is 9.31 Å². The number of carbonyl (C=O) groups excluding carboxylic acids is 2. The molecule has 24 heavy (non-hydrogen) atoms. The van der Waals surface area contributed by atoms with Gasteiger partial charge in [-0.1, -0.05) is 6.07 Å². The van der Waals surface area contributed by atoms with Gasteiger partial charge in [0.15, 0.2) is 6.10 Å². The van der Waals surface area contributed by atoms with Crippen LogP contribution < -0.4 is 9.47 Å². The zero-order valence-corrected chi connectivity index (χ0v) is 12.6. The van der Waals surface area contributed by atoms with Crippen LogP contribution in [0.25, 0.3) is 0 Å². The average molecular weight is 340 g/mol. The van der Waals surface area contributed by atoms with E-state index in [1.807, 2.05) is 0 Å². The van der Waals surface area contributed by atoms with E-state index in [9.17, 15) is 19.5 Å². The van der Waals surface area contributed by atoms with Gasteiger partial charge in [-0.15, -0.1) is 0 Å². The summed E-state index contributed by atoms with van der Waals surface area (Å²) >= 11 is 0. The molecule has 10 nitrogen and oxygen atoms in total. The Morgan fingerprint density at radius 2 is 1.83 bits per heavy atom. The van der Waals surface area contributed by atoms with Crippen LogP contribution in [0.4, 0.5) is 0 Å². The van der Waals surface area contributed by atoms with E-state index >= 15 is 0 Å². The van der Waals surface area contributed by atoms with Crippen LogP contribution in [0.5, 0.6) is 11.5 Å². The second-order valence-corrected chi connectivity index (χ2v) is 4.50. The summed E-state index contributed by atoms with van der Waals surface area (Å²) in [6, 6.07) is 4.44. The number of hydrogen-bond acceptors (Lipinski definition) is 9. The lowest BCUT2D eigenvalue weighted by Gasteiger charge is -2.18. The van der Waals surface area contributed by atoms with Crippen molar-refractivity contribution in [3.05, 3.63) is 23.8 Å². The third kappa shape index (κ3) is 3.41. The van der Waals surface area contributed by atoms with E-state index in [0.717, 1.165) is 0 Å². The van der Waals surface area contributed by atoms with Gasteiger partial charge in [0.05, 0.1) is 14.2 Å². The minimum atomic E-state index is -2.03. The smallest absolute Gasteiger partial charge is 0.496 e. The van der Waals surface area contributed by atoms with Crippen molar-refractivity contribution in [1.29, 1.82) is 0 Å². The van der Waals surface area contributed by atoms with Gasteiger partial charge in [0.1, 0.15) is 17.1 Å². The molecule has 0 unspecified atom stereocenters. The molecule has 0 aliphatic carbocycles. The quantitative estimate of drug-likeness (QED) is 0.501. The van der Waals surface area contributed by atoms with E-state index in [-0.39, 0.29) is 17.1 Å². The maximum absolute atomic E-state index is 12.3. The first kappa shape index (κ1) is 17.6. The van der Waals surface area contributed by atoms with Crippen molar-refractivity contribution in [2.45, 2.75) is 12.2 Å². The van der Waals surface area contributed by atoms with Gasteiger partial charge in [-0.25, -0.2) is 9.59 Å². The van der Waals surface area contributed by atoms with Gasteiger partial charge in [-0.05, 0) is 12.1 Å². The van der Waals surface area contributed by atoms with E-state index < -0.39 is 37.4 Å². The summed E-state index contributed by atoms with van der Waals surface area (Å²) in [4.78, 5) is 35.1. The predicted molar refractivity (Wildman–Crippen MR) is 75.3 cm³/mol. The van der Waals surface area contributed by atoms with Gasteiger partial charge in [0, 0.05) is 0 Å². The van der Waals surface area contributed by atoms with Crippen LogP contribution in [0.1, 0.15) is 10.4 Å². The van der Waals surface area contributed by atoms with Crippen molar-refractivity contribution in [3.8, 4) is 11.5 Å². The van der Waals surface area contributed by atoms with Crippen LogP contribution in [0.2, 0.25) is 0 Å². The molecule has 0 amide bonds. The molecular formula is C13H13BO10. The van der Waals surface area contributed by atoms with Gasteiger partial charge in [-0.3, -0.25) is 4.79 Å². The molecule has 1 heterocycles. The topological polar surface area (TPSA) is 138 Å². The first-order chi connectivity index (χ1) is 11.4. The SMILES string of the molecule is COc1cccc(OC)c1C(=O)O[C@@H](C(=O)O)[C@H]1OB(O)OC1=O. The van der Waals surface area contributed by atoms with Crippen molar-refractivity contribution in [3.63, 3.8) is 0 Å². The maximum Gasteiger partial charge on any atom is 0.713 e. The highest BCUT2D eigenvalue weighted by molar-refractivity contribution is 6.40. The van der Waals surface area contributed by atoms with Crippen LogP contribution in [0.3, 0.4) is 0 Å². The molecule has 0 radical (unpaired) electrons. The fraction of sp³-hybridized carbons (Fsp3) is 0.308. The molecule has 1 aromatic carbocycles. The van der Waals surface area contributed by atoms with E-state index in [0.29, 0.717) is 0 Å². The van der Waals surface area contributed by atoms with Gasteiger partial charge >= 0.3 is 25.2 Å². The summed E-state index contributed by atoms with van der Waals surface area (Å²) < 4.78 is 23.8. The largest absolute Gasteiger partial charge is 0.713 e. The number of hydrogen-bond donors (Lipinski definition) is 2. The van der Waals surface area contributed by atoms with Gasteiger partial charge < -0.3 is 33.6 Å². The molecule has 1 aliphatic heterocycles. The number of rotatable bonds is 6. The molecule has 1 saturated heterocycles. The number of methoxy groups -OCH3 is 2. The number of carboxylic acids is 1. The molecule has 0 spiro atoms. The van der Waals surface area contributed by atoms with Crippen LogP contribution in [-0.4, -0.2) is 61.8 Å². The zero-order chi connectivity index (χ0) is 17.9. The summed E-state index contributed by atoms with van der Waals surface area (Å²) in [5.41, 5.74) is -0.166. The summed E-state index contributed by atoms with van der Waals surface area (Å²) in [5.74, 6) is -3.78. The molecule has 0 saturated carbocycles. The molecule has 1 fully saturated rings. The Hall–Kier alpha value is -2.79. The molecule has 0 aromatic heterocycles. The highest BCUT2D eigenvalue weighted by Gasteiger charge is 2.49. The van der Waals surface area contributed by atoms with Crippen molar-refractivity contribution in [2.24, 2.45) is 0 Å². The third-order valence-corrected chi connectivity index (χ3v) is 3.10. The number of benzene rings is 1. The Morgan fingerprint density at radius 1 is 1.25 bits per heavy atom. The second kappa shape index (κ2) is 7.19. The summed E-state index contributed by atoms with van der Waals surface area (Å²) in [6.45, 7) is 0. The fourth-order valence-electron chi connectivity index (χ4n) is 2.04. The molecule has 0 bridgehead atoms.